The van der Waals surface area contributed by atoms with Crippen molar-refractivity contribution in [1.29, 1.82) is 0 Å². The van der Waals surface area contributed by atoms with Crippen molar-refractivity contribution in [2.75, 3.05) is 0 Å². The summed E-state index contributed by atoms with van der Waals surface area (Å²) in [5.74, 6) is 0. The van der Waals surface area contributed by atoms with Gasteiger partial charge in [0.25, 0.3) is 0 Å². The largest absolute Gasteiger partial charge is 3.00 e. The van der Waals surface area contributed by atoms with Crippen LogP contribution in [-0.4, -0.2) is 34.8 Å². The van der Waals surface area contributed by atoms with E-state index >= 15 is 0 Å². The van der Waals surface area contributed by atoms with Crippen molar-refractivity contribution in [3.05, 3.63) is 0 Å². The van der Waals surface area contributed by atoms with E-state index in [-0.39, 0.29) is 77.2 Å². The minimum absolute atomic E-state index is 0. The summed E-state index contributed by atoms with van der Waals surface area (Å²) >= 11 is 0. The van der Waals surface area contributed by atoms with Crippen molar-refractivity contribution in [1.82, 2.24) is 0 Å². The van der Waals surface area contributed by atoms with Gasteiger partial charge in [-0.05, 0) is 0 Å². The first-order chi connectivity index (χ1) is 2.00. The number of hydrogen-bond donors (Lipinski definition) is 0. The van der Waals surface area contributed by atoms with Crippen LogP contribution in [0, 0.1) is 0 Å². The average Bonchev–Trinajstić information content (AvgIpc) is 0.722. The molecule has 0 aliphatic heterocycles. The standard InChI is InChI=1S/Al.B.K.O4Si/c;;;1-5(2,3)4/q+3;;+1;-4. The molecule has 0 amide bonds. The molecule has 4 nitrogen and oxygen atoms in total. The number of hydrogen-bond acceptors (Lipinski definition) is 4. The van der Waals surface area contributed by atoms with Gasteiger partial charge in [0.05, 0.1) is 0 Å². The van der Waals surface area contributed by atoms with Crippen molar-refractivity contribution in [2.45, 2.75) is 0 Å². The minimum Gasteiger partial charge on any atom is -0.894 e. The Morgan fingerprint density at radius 2 is 0.875 bits per heavy atom. The van der Waals surface area contributed by atoms with Gasteiger partial charge in [0.2, 0.25) is 0 Å². The van der Waals surface area contributed by atoms with Crippen molar-refractivity contribution in [3.63, 3.8) is 0 Å². The molecule has 0 N–H and O–H groups in total. The first kappa shape index (κ1) is 22.4. The van der Waals surface area contributed by atoms with Gasteiger partial charge in [0.15, 0.2) is 0 Å². The Labute approximate surface area is 104 Å². The Hall–Kier alpha value is 2.29. The van der Waals surface area contributed by atoms with E-state index in [9.17, 15) is 0 Å². The van der Waals surface area contributed by atoms with E-state index in [2.05, 4.69) is 0 Å². The quantitative estimate of drug-likeness (QED) is 0.336. The Balaban J connectivity index is -0.0000000267. The first-order valence-corrected chi connectivity index (χ1v) is 2.45. The number of rotatable bonds is 0. The van der Waals surface area contributed by atoms with E-state index < -0.39 is 9.05 Å². The van der Waals surface area contributed by atoms with Crippen LogP contribution in [0.15, 0.2) is 0 Å². The molecular formula is AlBKO4Si. The summed E-state index contributed by atoms with van der Waals surface area (Å²) < 4.78 is 0. The molecule has 3 radical (unpaired) electrons. The third kappa shape index (κ3) is 84.0. The molecule has 0 spiro atoms. The average molecular weight is 169 g/mol. The predicted molar refractivity (Wildman–Crippen MR) is 17.3 cm³/mol. The van der Waals surface area contributed by atoms with Crippen LogP contribution in [0.25, 0.3) is 0 Å². The Kier molecular flexibility index (Phi) is 26.1. The van der Waals surface area contributed by atoms with Crippen LogP contribution in [-0.2, 0) is 0 Å². The summed E-state index contributed by atoms with van der Waals surface area (Å²) in [6.45, 7) is 0. The second-order valence-electron chi connectivity index (χ2n) is 0.500. The van der Waals surface area contributed by atoms with Gasteiger partial charge in [-0.15, -0.1) is 0 Å². The molecule has 0 bridgehead atoms. The molecule has 0 saturated heterocycles. The van der Waals surface area contributed by atoms with Crippen LogP contribution < -0.4 is 70.6 Å². The van der Waals surface area contributed by atoms with E-state index in [1.807, 2.05) is 0 Å². The third-order valence-electron chi connectivity index (χ3n) is 0. The summed E-state index contributed by atoms with van der Waals surface area (Å²) in [5.41, 5.74) is 0. The van der Waals surface area contributed by atoms with Gasteiger partial charge in [-0.2, -0.15) is 0 Å². The first-order valence-electron chi connectivity index (χ1n) is 0.816. The summed E-state index contributed by atoms with van der Waals surface area (Å²) in [6.07, 6.45) is 0. The maximum absolute atomic E-state index is 8.58. The van der Waals surface area contributed by atoms with Gasteiger partial charge < -0.3 is 28.2 Å². The van der Waals surface area contributed by atoms with Gasteiger partial charge >= 0.3 is 68.7 Å². The van der Waals surface area contributed by atoms with Gasteiger partial charge in [-0.3, -0.25) is 0 Å². The minimum atomic E-state index is -5.61. The molecule has 0 fully saturated rings. The van der Waals surface area contributed by atoms with Crippen LogP contribution in [0.5, 0.6) is 0 Å². The fraction of sp³-hybridized carbons (Fsp3) is 0. The zero-order chi connectivity index (χ0) is 4.50. The summed E-state index contributed by atoms with van der Waals surface area (Å²) in [7, 11) is -5.61. The predicted octanol–water partition coefficient (Wildman–Crippen LogP) is -8.89. The Morgan fingerprint density at radius 3 is 0.875 bits per heavy atom. The fourth-order valence-corrected chi connectivity index (χ4v) is 0. The molecule has 0 saturated carbocycles. The maximum Gasteiger partial charge on any atom is 3.00 e. The molecular weight excluding hydrogens is 169 g/mol. The Morgan fingerprint density at radius 1 is 0.875 bits per heavy atom. The molecule has 0 unspecified atom stereocenters. The van der Waals surface area contributed by atoms with Crippen LogP contribution in [0.3, 0.4) is 0 Å². The van der Waals surface area contributed by atoms with Crippen LogP contribution in [0.1, 0.15) is 0 Å². The zero-order valence-corrected chi connectivity index (χ0v) is 9.57. The molecule has 0 aromatic rings. The molecule has 0 aliphatic carbocycles. The third-order valence-corrected chi connectivity index (χ3v) is 0. The molecule has 0 aromatic heterocycles. The van der Waals surface area contributed by atoms with E-state index in [0.717, 1.165) is 0 Å². The summed E-state index contributed by atoms with van der Waals surface area (Å²) in [5, 5.41) is 0. The Bertz CT molecular complexity index is 31.5. The van der Waals surface area contributed by atoms with E-state index in [1.54, 1.807) is 0 Å². The summed E-state index contributed by atoms with van der Waals surface area (Å²) in [4.78, 5) is 34.3. The molecule has 8 heteroatoms. The van der Waals surface area contributed by atoms with Crippen molar-refractivity contribution in [2.24, 2.45) is 0 Å². The normalized spacial score (nSPS) is 7.50. The fourth-order valence-electron chi connectivity index (χ4n) is 0. The van der Waals surface area contributed by atoms with E-state index in [4.69, 9.17) is 19.2 Å². The second-order valence-corrected chi connectivity index (χ2v) is 1.50. The van der Waals surface area contributed by atoms with Crippen molar-refractivity contribution >= 4 is 34.8 Å². The maximum atomic E-state index is 8.58. The molecule has 0 aliphatic rings. The van der Waals surface area contributed by atoms with Crippen LogP contribution in [0.4, 0.5) is 0 Å². The van der Waals surface area contributed by atoms with Crippen LogP contribution in [0.2, 0.25) is 0 Å². The molecule has 0 atom stereocenters. The van der Waals surface area contributed by atoms with Gasteiger partial charge in [0.1, 0.15) is 0 Å². The smallest absolute Gasteiger partial charge is 0.894 e. The molecule has 0 heterocycles. The van der Waals surface area contributed by atoms with Gasteiger partial charge in [0, 0.05) is 8.41 Å². The monoisotopic (exact) mass is 169 g/mol. The molecule has 0 rings (SSSR count). The molecule has 8 heavy (non-hydrogen) atoms. The van der Waals surface area contributed by atoms with Crippen molar-refractivity contribution < 1.29 is 70.6 Å². The van der Waals surface area contributed by atoms with E-state index in [0.29, 0.717) is 0 Å². The topological polar surface area (TPSA) is 92.2 Å². The van der Waals surface area contributed by atoms with Gasteiger partial charge in [-0.1, -0.05) is 0 Å². The van der Waals surface area contributed by atoms with E-state index in [1.165, 1.54) is 0 Å². The van der Waals surface area contributed by atoms with Gasteiger partial charge in [-0.25, -0.2) is 0 Å². The van der Waals surface area contributed by atoms with Crippen LogP contribution >= 0.6 is 0 Å². The molecule has 0 aromatic carbocycles. The molecule has 35 valence electrons. The second kappa shape index (κ2) is 9.29. The zero-order valence-electron chi connectivity index (χ0n) is 4.29. The SMILES string of the molecule is [Al+3].[B].[K+].[O-][Si]([O-])([O-])[O-]. The van der Waals surface area contributed by atoms with Crippen molar-refractivity contribution in [3.8, 4) is 0 Å². The summed E-state index contributed by atoms with van der Waals surface area (Å²) in [6, 6.07) is 0.